The molecule has 0 aliphatic rings. The van der Waals surface area contributed by atoms with Crippen LogP contribution in [0.25, 0.3) is 0 Å². The molecule has 0 unspecified atom stereocenters. The van der Waals surface area contributed by atoms with Crippen molar-refractivity contribution in [1.29, 1.82) is 0 Å². The molecule has 0 radical (unpaired) electrons. The summed E-state index contributed by atoms with van der Waals surface area (Å²) in [4.78, 5) is 8.95. The van der Waals surface area contributed by atoms with Gasteiger partial charge in [-0.05, 0) is 0 Å². The minimum atomic E-state index is -3.23. The van der Waals surface area contributed by atoms with Gasteiger partial charge in [0.15, 0.2) is 0 Å². The van der Waals surface area contributed by atoms with Crippen LogP contribution in [0.1, 0.15) is 0 Å². The van der Waals surface area contributed by atoms with Gasteiger partial charge in [-0.2, -0.15) is 8.78 Å². The van der Waals surface area contributed by atoms with E-state index < -0.39 is 12.4 Å². The highest BCUT2D eigenvalue weighted by Crippen LogP contribution is 1.87. The van der Waals surface area contributed by atoms with Gasteiger partial charge in [0.05, 0.1) is 0 Å². The Morgan fingerprint density at radius 3 is 1.62 bits per heavy atom. The number of halogens is 2. The molecule has 4 heteroatoms. The van der Waals surface area contributed by atoms with Crippen LogP contribution >= 0.6 is 0 Å². The third-order valence-corrected chi connectivity index (χ3v) is 0.187. The Hall–Kier alpha value is -0.930. The zero-order valence-electron chi connectivity index (χ0n) is 4.10. The second-order valence-electron chi connectivity index (χ2n) is 0.639. The van der Waals surface area contributed by atoms with Gasteiger partial charge in [-0.1, -0.05) is 0 Å². The van der Waals surface area contributed by atoms with Gasteiger partial charge in [0, 0.05) is 0 Å². The summed E-state index contributed by atoms with van der Waals surface area (Å²) in [5.41, 5.74) is 0. The number of carboxylic acids is 1. The first-order chi connectivity index (χ1) is 3.64. The fourth-order valence-corrected chi connectivity index (χ4v) is 0. The standard InChI is InChI=1S/C2H2F2O2.C2H4/c3-1(4)2(5)6;1-2/h1H,(H,5,6);1-2H2. The molecular formula is C4H6F2O2. The molecule has 0 aromatic heterocycles. The van der Waals surface area contributed by atoms with Crippen LogP contribution in [0, 0.1) is 0 Å². The van der Waals surface area contributed by atoms with Crippen molar-refractivity contribution in [3.8, 4) is 0 Å². The smallest absolute Gasteiger partial charge is 0.371 e. The average molecular weight is 124 g/mol. The third-order valence-electron chi connectivity index (χ3n) is 0.187. The zero-order chi connectivity index (χ0) is 7.15. The molecule has 0 aromatic rings. The van der Waals surface area contributed by atoms with E-state index in [0.29, 0.717) is 0 Å². The van der Waals surface area contributed by atoms with E-state index in [1.165, 1.54) is 0 Å². The van der Waals surface area contributed by atoms with Crippen molar-refractivity contribution < 1.29 is 18.7 Å². The normalized spacial score (nSPS) is 7.38. The molecule has 2 nitrogen and oxygen atoms in total. The number of hydrogen-bond donors (Lipinski definition) is 1. The third kappa shape index (κ3) is 8.91. The maximum atomic E-state index is 10.6. The summed E-state index contributed by atoms with van der Waals surface area (Å²) in [5.74, 6) is -2.07. The Balaban J connectivity index is 0. The lowest BCUT2D eigenvalue weighted by molar-refractivity contribution is -0.149. The summed E-state index contributed by atoms with van der Waals surface area (Å²) in [6.07, 6.45) is -3.23. The highest BCUT2D eigenvalue weighted by molar-refractivity contribution is 5.70. The van der Waals surface area contributed by atoms with E-state index in [1.54, 1.807) is 0 Å². The predicted molar refractivity (Wildman–Crippen MR) is 24.9 cm³/mol. The Morgan fingerprint density at radius 1 is 1.50 bits per heavy atom. The van der Waals surface area contributed by atoms with E-state index in [4.69, 9.17) is 9.90 Å². The van der Waals surface area contributed by atoms with Crippen LogP contribution < -0.4 is 0 Å². The number of alkyl halides is 2. The van der Waals surface area contributed by atoms with E-state index in [9.17, 15) is 8.78 Å². The largest absolute Gasteiger partial charge is 0.477 e. The predicted octanol–water partition coefficient (Wildman–Crippen LogP) is 1.14. The van der Waals surface area contributed by atoms with Crippen LogP contribution in [0.2, 0.25) is 0 Å². The van der Waals surface area contributed by atoms with Gasteiger partial charge in [0.1, 0.15) is 0 Å². The van der Waals surface area contributed by atoms with Crippen LogP contribution in [0.5, 0.6) is 0 Å². The fourth-order valence-electron chi connectivity index (χ4n) is 0. The van der Waals surface area contributed by atoms with Crippen LogP contribution in [0.4, 0.5) is 8.78 Å². The van der Waals surface area contributed by atoms with Gasteiger partial charge in [0.25, 0.3) is 0 Å². The van der Waals surface area contributed by atoms with Crippen molar-refractivity contribution in [3.63, 3.8) is 0 Å². The van der Waals surface area contributed by atoms with Crippen molar-refractivity contribution in [2.45, 2.75) is 6.43 Å². The summed E-state index contributed by atoms with van der Waals surface area (Å²) in [6, 6.07) is 0. The summed E-state index contributed by atoms with van der Waals surface area (Å²) in [6.45, 7) is 6.00. The Kier molecular flexibility index (Phi) is 7.69. The van der Waals surface area contributed by atoms with E-state index in [2.05, 4.69) is 13.2 Å². The van der Waals surface area contributed by atoms with E-state index in [-0.39, 0.29) is 0 Å². The molecule has 0 aliphatic carbocycles. The van der Waals surface area contributed by atoms with Crippen molar-refractivity contribution >= 4 is 5.97 Å². The molecule has 0 aliphatic heterocycles. The lowest BCUT2D eigenvalue weighted by Gasteiger charge is -1.81. The number of carboxylic acid groups (broad SMARTS) is 1. The van der Waals surface area contributed by atoms with Crippen molar-refractivity contribution in [2.75, 3.05) is 0 Å². The molecule has 0 atom stereocenters. The molecule has 0 aromatic carbocycles. The quantitative estimate of drug-likeness (QED) is 0.532. The molecule has 1 N–H and O–H groups in total. The first-order valence-corrected chi connectivity index (χ1v) is 1.65. The topological polar surface area (TPSA) is 37.3 Å². The Labute approximate surface area is 45.4 Å². The lowest BCUT2D eigenvalue weighted by atomic mass is 10.7. The number of hydrogen-bond acceptors (Lipinski definition) is 1. The van der Waals surface area contributed by atoms with Crippen molar-refractivity contribution in [1.82, 2.24) is 0 Å². The average Bonchev–Trinajstić information content (AvgIpc) is 1.72. The molecule has 48 valence electrons. The monoisotopic (exact) mass is 124 g/mol. The second-order valence-corrected chi connectivity index (χ2v) is 0.639. The Morgan fingerprint density at radius 2 is 1.62 bits per heavy atom. The molecule has 0 heterocycles. The molecule has 0 fully saturated rings. The summed E-state index contributed by atoms with van der Waals surface area (Å²) >= 11 is 0. The second kappa shape index (κ2) is 6.07. The molecule has 0 rings (SSSR count). The van der Waals surface area contributed by atoms with Crippen molar-refractivity contribution in [2.24, 2.45) is 0 Å². The summed E-state index contributed by atoms with van der Waals surface area (Å²) < 4.78 is 21.1. The molecule has 8 heavy (non-hydrogen) atoms. The first-order valence-electron chi connectivity index (χ1n) is 1.65. The van der Waals surface area contributed by atoms with Gasteiger partial charge in [-0.25, -0.2) is 4.79 Å². The first kappa shape index (κ1) is 10.1. The molecule has 0 saturated carbocycles. The molecule has 0 saturated heterocycles. The fraction of sp³-hybridized carbons (Fsp3) is 0.250. The highest BCUT2D eigenvalue weighted by Gasteiger charge is 2.10. The van der Waals surface area contributed by atoms with Gasteiger partial charge in [-0.3, -0.25) is 0 Å². The van der Waals surface area contributed by atoms with E-state index >= 15 is 0 Å². The maximum Gasteiger partial charge on any atom is 0.371 e. The SMILES string of the molecule is C=C.O=C(O)C(F)F. The zero-order valence-corrected chi connectivity index (χ0v) is 4.10. The van der Waals surface area contributed by atoms with E-state index in [1.807, 2.05) is 0 Å². The molecule has 0 amide bonds. The lowest BCUT2D eigenvalue weighted by Crippen LogP contribution is -2.06. The number of carbonyl (C=O) groups is 1. The van der Waals surface area contributed by atoms with Gasteiger partial charge < -0.3 is 5.11 Å². The van der Waals surface area contributed by atoms with Crippen LogP contribution in [0.15, 0.2) is 13.2 Å². The maximum absolute atomic E-state index is 10.6. The summed E-state index contributed by atoms with van der Waals surface area (Å²) in [5, 5.41) is 7.24. The number of aliphatic carboxylic acids is 1. The summed E-state index contributed by atoms with van der Waals surface area (Å²) in [7, 11) is 0. The minimum Gasteiger partial charge on any atom is -0.477 e. The Bertz CT molecular complexity index is 72.4. The van der Waals surface area contributed by atoms with Crippen LogP contribution in [-0.4, -0.2) is 17.5 Å². The highest BCUT2D eigenvalue weighted by atomic mass is 19.3. The van der Waals surface area contributed by atoms with Crippen LogP contribution in [-0.2, 0) is 4.79 Å². The van der Waals surface area contributed by atoms with Gasteiger partial charge in [-0.15, -0.1) is 13.2 Å². The van der Waals surface area contributed by atoms with Crippen LogP contribution in [0.3, 0.4) is 0 Å². The van der Waals surface area contributed by atoms with Gasteiger partial charge >= 0.3 is 12.4 Å². The van der Waals surface area contributed by atoms with E-state index in [0.717, 1.165) is 0 Å². The van der Waals surface area contributed by atoms with Gasteiger partial charge in [0.2, 0.25) is 0 Å². The molecular weight excluding hydrogens is 118 g/mol. The molecule has 0 bridgehead atoms. The molecule has 0 spiro atoms. The minimum absolute atomic E-state index is 2.07. The van der Waals surface area contributed by atoms with Crippen molar-refractivity contribution in [3.05, 3.63) is 13.2 Å². The number of rotatable bonds is 1.